The van der Waals surface area contributed by atoms with Gasteiger partial charge in [-0.05, 0) is 17.7 Å². The van der Waals surface area contributed by atoms with Crippen LogP contribution in [-0.2, 0) is 29.7 Å². The molecule has 26 heavy (non-hydrogen) atoms. The van der Waals surface area contributed by atoms with Gasteiger partial charge in [0.1, 0.15) is 5.82 Å². The SMILES string of the molecule is CC(=O)Nc1ccc(CN2CCc3nc(C(C)(C)C)[nH]c(=O)c3C2)cc1. The van der Waals surface area contributed by atoms with Crippen molar-refractivity contribution in [2.75, 3.05) is 11.9 Å². The van der Waals surface area contributed by atoms with Crippen molar-refractivity contribution in [2.24, 2.45) is 0 Å². The first-order valence-corrected chi connectivity index (χ1v) is 8.94. The Hall–Kier alpha value is -2.47. The molecule has 0 aliphatic carbocycles. The highest BCUT2D eigenvalue weighted by molar-refractivity contribution is 5.88. The molecule has 1 amide bonds. The van der Waals surface area contributed by atoms with Gasteiger partial charge < -0.3 is 10.3 Å². The Morgan fingerprint density at radius 1 is 1.27 bits per heavy atom. The molecule has 2 N–H and O–H groups in total. The van der Waals surface area contributed by atoms with Crippen molar-refractivity contribution in [3.05, 3.63) is 57.3 Å². The number of hydrogen-bond acceptors (Lipinski definition) is 4. The zero-order valence-corrected chi connectivity index (χ0v) is 15.8. The van der Waals surface area contributed by atoms with Crippen LogP contribution in [0.25, 0.3) is 0 Å². The third-order valence-corrected chi connectivity index (χ3v) is 4.54. The maximum atomic E-state index is 12.5. The van der Waals surface area contributed by atoms with Gasteiger partial charge >= 0.3 is 0 Å². The first-order chi connectivity index (χ1) is 12.2. The van der Waals surface area contributed by atoms with Gasteiger partial charge in [-0.3, -0.25) is 14.5 Å². The van der Waals surface area contributed by atoms with Gasteiger partial charge in [0.25, 0.3) is 5.56 Å². The molecule has 1 aliphatic rings. The minimum Gasteiger partial charge on any atom is -0.326 e. The summed E-state index contributed by atoms with van der Waals surface area (Å²) in [5.41, 5.74) is 3.46. The summed E-state index contributed by atoms with van der Waals surface area (Å²) < 4.78 is 0. The van der Waals surface area contributed by atoms with Crippen LogP contribution in [0.5, 0.6) is 0 Å². The van der Waals surface area contributed by atoms with E-state index in [-0.39, 0.29) is 16.9 Å². The number of H-pyrrole nitrogens is 1. The largest absolute Gasteiger partial charge is 0.326 e. The quantitative estimate of drug-likeness (QED) is 0.888. The van der Waals surface area contributed by atoms with E-state index in [1.54, 1.807) is 0 Å². The molecule has 0 fully saturated rings. The highest BCUT2D eigenvalue weighted by atomic mass is 16.1. The molecule has 138 valence electrons. The fourth-order valence-corrected chi connectivity index (χ4v) is 3.13. The minimum atomic E-state index is -0.166. The van der Waals surface area contributed by atoms with Gasteiger partial charge in [0.2, 0.25) is 5.91 Å². The van der Waals surface area contributed by atoms with Gasteiger partial charge in [-0.15, -0.1) is 0 Å². The molecule has 0 bridgehead atoms. The van der Waals surface area contributed by atoms with Crippen LogP contribution in [0.3, 0.4) is 0 Å². The normalized spacial score (nSPS) is 14.8. The van der Waals surface area contributed by atoms with Gasteiger partial charge in [0.15, 0.2) is 0 Å². The van der Waals surface area contributed by atoms with Crippen LogP contribution in [0.15, 0.2) is 29.1 Å². The summed E-state index contributed by atoms with van der Waals surface area (Å²) in [4.78, 5) is 33.5. The van der Waals surface area contributed by atoms with Gasteiger partial charge in [-0.1, -0.05) is 32.9 Å². The Kier molecular flexibility index (Phi) is 4.96. The Morgan fingerprint density at radius 2 is 1.96 bits per heavy atom. The van der Waals surface area contributed by atoms with E-state index in [1.807, 2.05) is 24.3 Å². The molecule has 0 radical (unpaired) electrons. The monoisotopic (exact) mass is 354 g/mol. The first kappa shape index (κ1) is 18.3. The van der Waals surface area contributed by atoms with Crippen LogP contribution >= 0.6 is 0 Å². The number of fused-ring (bicyclic) bond motifs is 1. The number of carbonyl (C=O) groups excluding carboxylic acids is 1. The number of nitrogens with zero attached hydrogens (tertiary/aromatic N) is 2. The Balaban J connectivity index is 1.73. The average molecular weight is 354 g/mol. The second kappa shape index (κ2) is 7.03. The molecule has 1 aromatic heterocycles. The standard InChI is InChI=1S/C20H26N4O2/c1-13(25)21-15-7-5-14(6-8-15)11-24-10-9-17-16(12-24)18(26)23-19(22-17)20(2,3)4/h5-8H,9-12H2,1-4H3,(H,21,25)(H,22,23,26). The molecule has 6 heteroatoms. The Morgan fingerprint density at radius 3 is 2.58 bits per heavy atom. The second-order valence-corrected chi connectivity index (χ2v) is 7.93. The zero-order chi connectivity index (χ0) is 18.9. The predicted molar refractivity (Wildman–Crippen MR) is 102 cm³/mol. The van der Waals surface area contributed by atoms with Crippen LogP contribution < -0.4 is 10.9 Å². The minimum absolute atomic E-state index is 0.0226. The second-order valence-electron chi connectivity index (χ2n) is 7.93. The lowest BCUT2D eigenvalue weighted by Crippen LogP contribution is -2.37. The van der Waals surface area contributed by atoms with Gasteiger partial charge in [0.05, 0.1) is 11.3 Å². The van der Waals surface area contributed by atoms with E-state index < -0.39 is 0 Å². The van der Waals surface area contributed by atoms with E-state index >= 15 is 0 Å². The maximum absolute atomic E-state index is 12.5. The Bertz CT molecular complexity index is 863. The number of benzene rings is 1. The molecule has 0 atom stereocenters. The predicted octanol–water partition coefficient (Wildman–Crippen LogP) is 2.58. The lowest BCUT2D eigenvalue weighted by atomic mass is 9.95. The fraction of sp³-hybridized carbons (Fsp3) is 0.450. The van der Waals surface area contributed by atoms with Crippen molar-refractivity contribution in [2.45, 2.75) is 52.6 Å². The van der Waals surface area contributed by atoms with Crippen molar-refractivity contribution in [1.82, 2.24) is 14.9 Å². The first-order valence-electron chi connectivity index (χ1n) is 8.94. The number of anilines is 1. The van der Waals surface area contributed by atoms with Crippen LogP contribution in [0.1, 0.15) is 50.3 Å². The number of nitrogens with one attached hydrogen (secondary N) is 2. The van der Waals surface area contributed by atoms with Crippen molar-refractivity contribution in [1.29, 1.82) is 0 Å². The van der Waals surface area contributed by atoms with Crippen molar-refractivity contribution < 1.29 is 4.79 Å². The fourth-order valence-electron chi connectivity index (χ4n) is 3.13. The molecule has 6 nitrogen and oxygen atoms in total. The molecule has 2 heterocycles. The van der Waals surface area contributed by atoms with Gasteiger partial charge in [0, 0.05) is 44.1 Å². The van der Waals surface area contributed by atoms with Gasteiger partial charge in [-0.2, -0.15) is 0 Å². The number of amides is 1. The summed E-state index contributed by atoms with van der Waals surface area (Å²) in [5.74, 6) is 0.676. The van der Waals surface area contributed by atoms with Crippen molar-refractivity contribution >= 4 is 11.6 Å². The van der Waals surface area contributed by atoms with Crippen molar-refractivity contribution in [3.8, 4) is 0 Å². The molecule has 0 saturated carbocycles. The molecule has 1 aromatic carbocycles. The number of carbonyl (C=O) groups is 1. The molecular weight excluding hydrogens is 328 g/mol. The van der Waals surface area contributed by atoms with E-state index in [1.165, 1.54) is 6.92 Å². The number of aromatic amines is 1. The van der Waals surface area contributed by atoms with E-state index in [2.05, 4.69) is 36.0 Å². The van der Waals surface area contributed by atoms with Crippen molar-refractivity contribution in [3.63, 3.8) is 0 Å². The zero-order valence-electron chi connectivity index (χ0n) is 15.8. The third kappa shape index (κ3) is 4.19. The average Bonchev–Trinajstić information content (AvgIpc) is 2.56. The number of aromatic nitrogens is 2. The summed E-state index contributed by atoms with van der Waals surface area (Å²) in [5, 5.41) is 2.77. The molecule has 0 spiro atoms. The molecular formula is C20H26N4O2. The van der Waals surface area contributed by atoms with Gasteiger partial charge in [-0.25, -0.2) is 4.98 Å². The highest BCUT2D eigenvalue weighted by Gasteiger charge is 2.24. The van der Waals surface area contributed by atoms with Crippen LogP contribution in [0, 0.1) is 0 Å². The lowest BCUT2D eigenvalue weighted by molar-refractivity contribution is -0.114. The van der Waals surface area contributed by atoms with Crippen LogP contribution in [-0.4, -0.2) is 27.3 Å². The smallest absolute Gasteiger partial charge is 0.255 e. The van der Waals surface area contributed by atoms with E-state index in [4.69, 9.17) is 4.98 Å². The lowest BCUT2D eigenvalue weighted by Gasteiger charge is -2.29. The van der Waals surface area contributed by atoms with E-state index in [0.717, 1.165) is 47.8 Å². The summed E-state index contributed by atoms with van der Waals surface area (Å²) in [6.45, 7) is 9.90. The number of rotatable bonds is 3. The highest BCUT2D eigenvalue weighted by Crippen LogP contribution is 2.21. The maximum Gasteiger partial charge on any atom is 0.255 e. The summed E-state index contributed by atoms with van der Waals surface area (Å²) in [7, 11) is 0. The Labute approximate surface area is 153 Å². The van der Waals surface area contributed by atoms with Crippen LogP contribution in [0.2, 0.25) is 0 Å². The molecule has 3 rings (SSSR count). The topological polar surface area (TPSA) is 78.1 Å². The molecule has 0 unspecified atom stereocenters. The molecule has 0 saturated heterocycles. The summed E-state index contributed by atoms with van der Waals surface area (Å²) >= 11 is 0. The molecule has 1 aliphatic heterocycles. The molecule has 2 aromatic rings. The summed E-state index contributed by atoms with van der Waals surface area (Å²) in [6.07, 6.45) is 0.784. The van der Waals surface area contributed by atoms with E-state index in [0.29, 0.717) is 6.54 Å². The summed E-state index contributed by atoms with van der Waals surface area (Å²) in [6, 6.07) is 7.81. The number of hydrogen-bond donors (Lipinski definition) is 2. The third-order valence-electron chi connectivity index (χ3n) is 4.54. The van der Waals surface area contributed by atoms with E-state index in [9.17, 15) is 9.59 Å². The van der Waals surface area contributed by atoms with Crippen LogP contribution in [0.4, 0.5) is 5.69 Å².